The zero-order chi connectivity index (χ0) is 15.2. The molecule has 1 saturated heterocycles. The molecule has 2 rings (SSSR count). The molecule has 2 aliphatic rings. The van der Waals surface area contributed by atoms with Gasteiger partial charge in [-0.05, 0) is 39.0 Å². The van der Waals surface area contributed by atoms with Crippen LogP contribution in [-0.2, 0) is 9.59 Å². The van der Waals surface area contributed by atoms with Crippen LogP contribution < -0.4 is 5.32 Å². The third-order valence-corrected chi connectivity index (χ3v) is 4.73. The number of unbranched alkanes of at least 4 members (excludes halogenated alkanes) is 2. The third-order valence-electron chi connectivity index (χ3n) is 4.73. The highest BCUT2D eigenvalue weighted by Crippen LogP contribution is 2.32. The van der Waals surface area contributed by atoms with Gasteiger partial charge >= 0.3 is 0 Å². The van der Waals surface area contributed by atoms with E-state index in [4.69, 9.17) is 0 Å². The molecule has 1 N–H and O–H groups in total. The second-order valence-corrected chi connectivity index (χ2v) is 6.78. The highest BCUT2D eigenvalue weighted by Gasteiger charge is 2.36. The first kappa shape index (κ1) is 16.3. The molecule has 4 nitrogen and oxygen atoms in total. The molecule has 1 aliphatic carbocycles. The summed E-state index contributed by atoms with van der Waals surface area (Å²) in [5.74, 6) is 0.912. The first-order valence-electron chi connectivity index (χ1n) is 8.71. The van der Waals surface area contributed by atoms with E-state index in [0.717, 1.165) is 45.2 Å². The predicted octanol–water partition coefficient (Wildman–Crippen LogP) is 2.72. The maximum absolute atomic E-state index is 12.2. The standard InChI is InChI=1S/C17H30N2O2/c1-3-4-5-6-13(2)18-16(20)14-9-11-19(12-10-14)17(21)15-7-8-15/h13-15H,3-12H2,1-2H3,(H,18,20). The summed E-state index contributed by atoms with van der Waals surface area (Å²) < 4.78 is 0. The van der Waals surface area contributed by atoms with Crippen LogP contribution >= 0.6 is 0 Å². The van der Waals surface area contributed by atoms with E-state index in [9.17, 15) is 9.59 Å². The van der Waals surface area contributed by atoms with Gasteiger partial charge in [0.05, 0.1) is 0 Å². The molecular weight excluding hydrogens is 264 g/mol. The Kier molecular flexibility index (Phi) is 6.07. The van der Waals surface area contributed by atoms with Gasteiger partial charge in [-0.15, -0.1) is 0 Å². The minimum absolute atomic E-state index is 0.0990. The smallest absolute Gasteiger partial charge is 0.225 e. The van der Waals surface area contributed by atoms with Crippen LogP contribution in [0.4, 0.5) is 0 Å². The number of amides is 2. The van der Waals surface area contributed by atoms with Crippen LogP contribution in [0.5, 0.6) is 0 Å². The molecule has 1 aliphatic heterocycles. The molecule has 120 valence electrons. The van der Waals surface area contributed by atoms with Crippen molar-refractivity contribution in [1.29, 1.82) is 0 Å². The van der Waals surface area contributed by atoms with Gasteiger partial charge in [0.2, 0.25) is 11.8 Å². The van der Waals surface area contributed by atoms with E-state index in [2.05, 4.69) is 19.2 Å². The topological polar surface area (TPSA) is 49.4 Å². The summed E-state index contributed by atoms with van der Waals surface area (Å²) in [4.78, 5) is 26.2. The number of hydrogen-bond acceptors (Lipinski definition) is 2. The Hall–Kier alpha value is -1.06. The summed E-state index contributed by atoms with van der Waals surface area (Å²) in [6.07, 6.45) is 8.49. The maximum Gasteiger partial charge on any atom is 0.225 e. The van der Waals surface area contributed by atoms with Crippen LogP contribution in [-0.4, -0.2) is 35.8 Å². The molecule has 0 bridgehead atoms. The average Bonchev–Trinajstić information content (AvgIpc) is 3.31. The number of carbonyl (C=O) groups excluding carboxylic acids is 2. The van der Waals surface area contributed by atoms with E-state index in [-0.39, 0.29) is 17.9 Å². The van der Waals surface area contributed by atoms with E-state index >= 15 is 0 Å². The number of piperidine rings is 1. The number of rotatable bonds is 7. The summed E-state index contributed by atoms with van der Waals surface area (Å²) in [5.41, 5.74) is 0. The lowest BCUT2D eigenvalue weighted by atomic mass is 9.95. The quantitative estimate of drug-likeness (QED) is 0.734. The Bertz CT molecular complexity index is 358. The van der Waals surface area contributed by atoms with Crippen molar-refractivity contribution in [3.05, 3.63) is 0 Å². The molecule has 1 atom stereocenters. The van der Waals surface area contributed by atoms with Crippen LogP contribution in [0, 0.1) is 11.8 Å². The normalized spacial score (nSPS) is 21.1. The van der Waals surface area contributed by atoms with E-state index in [1.165, 1.54) is 19.3 Å². The molecule has 2 fully saturated rings. The maximum atomic E-state index is 12.2. The van der Waals surface area contributed by atoms with E-state index in [1.54, 1.807) is 0 Å². The molecule has 1 unspecified atom stereocenters. The highest BCUT2D eigenvalue weighted by atomic mass is 16.2. The van der Waals surface area contributed by atoms with Gasteiger partial charge in [0.25, 0.3) is 0 Å². The van der Waals surface area contributed by atoms with Crippen LogP contribution in [0.3, 0.4) is 0 Å². The van der Waals surface area contributed by atoms with E-state index < -0.39 is 0 Å². The molecule has 0 aromatic carbocycles. The fourth-order valence-corrected chi connectivity index (χ4v) is 3.08. The van der Waals surface area contributed by atoms with Crippen LogP contribution in [0.1, 0.15) is 65.2 Å². The monoisotopic (exact) mass is 294 g/mol. The van der Waals surface area contributed by atoms with Crippen molar-refractivity contribution in [1.82, 2.24) is 10.2 Å². The minimum atomic E-state index is 0.0990. The highest BCUT2D eigenvalue weighted by molar-refractivity contribution is 5.82. The fourth-order valence-electron chi connectivity index (χ4n) is 3.08. The molecule has 4 heteroatoms. The van der Waals surface area contributed by atoms with Crippen molar-refractivity contribution >= 4 is 11.8 Å². The molecule has 0 aromatic heterocycles. The van der Waals surface area contributed by atoms with Crippen molar-refractivity contribution in [2.75, 3.05) is 13.1 Å². The Labute approximate surface area is 128 Å². The number of likely N-dealkylation sites (tertiary alicyclic amines) is 1. The first-order chi connectivity index (χ1) is 10.1. The first-order valence-corrected chi connectivity index (χ1v) is 8.71. The van der Waals surface area contributed by atoms with Crippen LogP contribution in [0.25, 0.3) is 0 Å². The second-order valence-electron chi connectivity index (χ2n) is 6.78. The number of nitrogens with zero attached hydrogens (tertiary/aromatic N) is 1. The van der Waals surface area contributed by atoms with Gasteiger partial charge in [0.1, 0.15) is 0 Å². The Morgan fingerprint density at radius 2 is 1.76 bits per heavy atom. The van der Waals surface area contributed by atoms with Crippen molar-refractivity contribution < 1.29 is 9.59 Å². The van der Waals surface area contributed by atoms with Crippen LogP contribution in [0.2, 0.25) is 0 Å². The summed E-state index contributed by atoms with van der Waals surface area (Å²) in [5, 5.41) is 3.15. The Balaban J connectivity index is 1.66. The minimum Gasteiger partial charge on any atom is -0.353 e. The lowest BCUT2D eigenvalue weighted by Crippen LogP contribution is -2.45. The van der Waals surface area contributed by atoms with Crippen molar-refractivity contribution in [2.45, 2.75) is 71.3 Å². The summed E-state index contributed by atoms with van der Waals surface area (Å²) >= 11 is 0. The summed E-state index contributed by atoms with van der Waals surface area (Å²) in [6, 6.07) is 0.273. The van der Waals surface area contributed by atoms with Gasteiger partial charge in [0.15, 0.2) is 0 Å². The largest absolute Gasteiger partial charge is 0.353 e. The van der Waals surface area contributed by atoms with Gasteiger partial charge in [-0.25, -0.2) is 0 Å². The van der Waals surface area contributed by atoms with Gasteiger partial charge in [-0.3, -0.25) is 9.59 Å². The summed E-state index contributed by atoms with van der Waals surface area (Å²) in [7, 11) is 0. The van der Waals surface area contributed by atoms with Gasteiger partial charge in [0, 0.05) is 31.0 Å². The van der Waals surface area contributed by atoms with Crippen molar-refractivity contribution in [3.8, 4) is 0 Å². The Morgan fingerprint density at radius 1 is 1.10 bits per heavy atom. The third kappa shape index (κ3) is 5.01. The number of nitrogens with one attached hydrogen (secondary N) is 1. The molecule has 1 saturated carbocycles. The number of carbonyl (C=O) groups is 2. The summed E-state index contributed by atoms with van der Waals surface area (Å²) in [6.45, 7) is 5.81. The van der Waals surface area contributed by atoms with E-state index in [1.807, 2.05) is 4.90 Å². The average molecular weight is 294 g/mol. The lowest BCUT2D eigenvalue weighted by molar-refractivity contribution is -0.136. The Morgan fingerprint density at radius 3 is 2.33 bits per heavy atom. The van der Waals surface area contributed by atoms with E-state index in [0.29, 0.717) is 11.8 Å². The molecule has 21 heavy (non-hydrogen) atoms. The zero-order valence-electron chi connectivity index (χ0n) is 13.6. The van der Waals surface area contributed by atoms with Crippen molar-refractivity contribution in [2.24, 2.45) is 11.8 Å². The molecular formula is C17H30N2O2. The molecule has 1 heterocycles. The molecule has 2 amide bonds. The lowest BCUT2D eigenvalue weighted by Gasteiger charge is -2.32. The number of hydrogen-bond donors (Lipinski definition) is 1. The molecule has 0 radical (unpaired) electrons. The zero-order valence-corrected chi connectivity index (χ0v) is 13.6. The SMILES string of the molecule is CCCCCC(C)NC(=O)C1CCN(C(=O)C2CC2)CC1. The van der Waals surface area contributed by atoms with Crippen LogP contribution in [0.15, 0.2) is 0 Å². The fraction of sp³-hybridized carbons (Fsp3) is 0.882. The van der Waals surface area contributed by atoms with Gasteiger partial charge in [-0.2, -0.15) is 0 Å². The second kappa shape index (κ2) is 7.81. The van der Waals surface area contributed by atoms with Gasteiger partial charge in [-0.1, -0.05) is 26.2 Å². The molecule has 0 aromatic rings. The molecule has 0 spiro atoms. The van der Waals surface area contributed by atoms with Crippen molar-refractivity contribution in [3.63, 3.8) is 0 Å². The predicted molar refractivity (Wildman–Crippen MR) is 83.8 cm³/mol. The van der Waals surface area contributed by atoms with Gasteiger partial charge < -0.3 is 10.2 Å².